The molecule has 1 heterocycles. The summed E-state index contributed by atoms with van der Waals surface area (Å²) in [5, 5.41) is 0. The van der Waals surface area contributed by atoms with Crippen LogP contribution < -0.4 is 10.5 Å². The van der Waals surface area contributed by atoms with Crippen LogP contribution in [0.5, 0.6) is 5.75 Å². The first-order valence-corrected chi connectivity index (χ1v) is 5.49. The van der Waals surface area contributed by atoms with Gasteiger partial charge in [0.15, 0.2) is 11.6 Å². The monoisotopic (exact) mass is 196 g/mol. The van der Waals surface area contributed by atoms with Gasteiger partial charge in [-0.15, -0.1) is 11.8 Å². The third-order valence-electron chi connectivity index (χ3n) is 1.92. The first-order chi connectivity index (χ1) is 6.31. The van der Waals surface area contributed by atoms with E-state index in [1.165, 1.54) is 0 Å². The molecule has 0 radical (unpaired) electrons. The predicted octanol–water partition coefficient (Wildman–Crippen LogP) is 1.93. The number of ether oxygens (including phenoxy) is 1. The summed E-state index contributed by atoms with van der Waals surface area (Å²) in [4.78, 5) is 5.08. The van der Waals surface area contributed by atoms with E-state index in [1.54, 1.807) is 18.0 Å². The molecule has 1 fully saturated rings. The molecule has 4 heteroatoms. The lowest BCUT2D eigenvalue weighted by molar-refractivity contribution is 0.297. The van der Waals surface area contributed by atoms with E-state index in [4.69, 9.17) is 10.5 Å². The molecule has 1 aliphatic rings. The number of aromatic nitrogens is 1. The molecule has 0 atom stereocenters. The van der Waals surface area contributed by atoms with E-state index in [9.17, 15) is 0 Å². The minimum absolute atomic E-state index is 0.373. The molecule has 3 nitrogen and oxygen atoms in total. The van der Waals surface area contributed by atoms with E-state index in [0.29, 0.717) is 11.9 Å². The van der Waals surface area contributed by atoms with Gasteiger partial charge in [-0.25, -0.2) is 4.98 Å². The van der Waals surface area contributed by atoms with Crippen LogP contribution >= 0.6 is 11.8 Å². The van der Waals surface area contributed by atoms with Gasteiger partial charge in [0, 0.05) is 6.20 Å². The minimum Gasteiger partial charge on any atom is -0.485 e. The lowest BCUT2D eigenvalue weighted by Crippen LogP contribution is -2.02. The second-order valence-corrected chi connectivity index (χ2v) is 3.89. The SMILES string of the molecule is CSc1ccnc(N)c1OC1CC1. The van der Waals surface area contributed by atoms with E-state index >= 15 is 0 Å². The molecule has 0 bridgehead atoms. The van der Waals surface area contributed by atoms with Gasteiger partial charge in [0.2, 0.25) is 0 Å². The van der Waals surface area contributed by atoms with E-state index in [0.717, 1.165) is 23.5 Å². The van der Waals surface area contributed by atoms with Crippen LogP contribution in [0.1, 0.15) is 12.8 Å². The van der Waals surface area contributed by atoms with Crippen LogP contribution in [0.2, 0.25) is 0 Å². The first-order valence-electron chi connectivity index (χ1n) is 4.26. The smallest absolute Gasteiger partial charge is 0.175 e. The molecule has 0 spiro atoms. The Hall–Kier alpha value is -0.900. The lowest BCUT2D eigenvalue weighted by Gasteiger charge is -2.10. The Kier molecular flexibility index (Phi) is 2.31. The summed E-state index contributed by atoms with van der Waals surface area (Å²) in [5.41, 5.74) is 5.72. The van der Waals surface area contributed by atoms with Crippen molar-refractivity contribution in [3.8, 4) is 5.75 Å². The second kappa shape index (κ2) is 3.46. The number of nitrogens with two attached hydrogens (primary N) is 1. The molecule has 0 unspecified atom stereocenters. The highest BCUT2D eigenvalue weighted by Crippen LogP contribution is 2.36. The van der Waals surface area contributed by atoms with Crippen molar-refractivity contribution in [3.05, 3.63) is 12.3 Å². The molecule has 1 saturated carbocycles. The van der Waals surface area contributed by atoms with Gasteiger partial charge in [-0.3, -0.25) is 0 Å². The molecule has 1 aliphatic carbocycles. The van der Waals surface area contributed by atoms with Gasteiger partial charge in [-0.2, -0.15) is 0 Å². The molecule has 1 aromatic heterocycles. The van der Waals surface area contributed by atoms with E-state index < -0.39 is 0 Å². The fourth-order valence-corrected chi connectivity index (χ4v) is 1.61. The van der Waals surface area contributed by atoms with E-state index in [1.807, 2.05) is 12.3 Å². The molecular formula is C9H12N2OS. The van der Waals surface area contributed by atoms with Crippen LogP contribution in [-0.2, 0) is 0 Å². The number of anilines is 1. The zero-order chi connectivity index (χ0) is 9.26. The lowest BCUT2D eigenvalue weighted by atomic mass is 10.4. The fraction of sp³-hybridized carbons (Fsp3) is 0.444. The summed E-state index contributed by atoms with van der Waals surface area (Å²) in [6.07, 6.45) is 6.37. The minimum atomic E-state index is 0.373. The van der Waals surface area contributed by atoms with E-state index in [2.05, 4.69) is 4.98 Å². The van der Waals surface area contributed by atoms with Crippen LogP contribution in [0.4, 0.5) is 5.82 Å². The molecule has 70 valence electrons. The Bertz CT molecular complexity index is 312. The van der Waals surface area contributed by atoms with Gasteiger partial charge in [0.25, 0.3) is 0 Å². The van der Waals surface area contributed by atoms with Crippen molar-refractivity contribution in [2.75, 3.05) is 12.0 Å². The van der Waals surface area contributed by atoms with Gasteiger partial charge in [-0.05, 0) is 25.2 Å². The number of rotatable bonds is 3. The molecule has 2 rings (SSSR count). The molecule has 0 saturated heterocycles. The molecule has 13 heavy (non-hydrogen) atoms. The topological polar surface area (TPSA) is 48.1 Å². The summed E-state index contributed by atoms with van der Waals surface area (Å²) in [5.74, 6) is 1.26. The van der Waals surface area contributed by atoms with Crippen LogP contribution in [0, 0.1) is 0 Å². The summed E-state index contributed by atoms with van der Waals surface area (Å²) in [6.45, 7) is 0. The maximum Gasteiger partial charge on any atom is 0.175 e. The number of nitrogen functional groups attached to an aromatic ring is 1. The number of nitrogens with zero attached hydrogens (tertiary/aromatic N) is 1. The van der Waals surface area contributed by atoms with E-state index in [-0.39, 0.29) is 0 Å². The number of hydrogen-bond donors (Lipinski definition) is 1. The quantitative estimate of drug-likeness (QED) is 0.750. The first kappa shape index (κ1) is 8.69. The van der Waals surface area contributed by atoms with Gasteiger partial charge >= 0.3 is 0 Å². The Morgan fingerprint density at radius 2 is 2.38 bits per heavy atom. The second-order valence-electron chi connectivity index (χ2n) is 3.04. The molecule has 2 N–H and O–H groups in total. The van der Waals surface area contributed by atoms with Crippen molar-refractivity contribution in [2.24, 2.45) is 0 Å². The molecule has 0 amide bonds. The highest BCUT2D eigenvalue weighted by Gasteiger charge is 2.25. The fourth-order valence-electron chi connectivity index (χ4n) is 1.08. The maximum absolute atomic E-state index is 5.72. The molecule has 0 aliphatic heterocycles. The Balaban J connectivity index is 2.27. The van der Waals surface area contributed by atoms with Crippen LogP contribution in [0.25, 0.3) is 0 Å². The van der Waals surface area contributed by atoms with Crippen molar-refractivity contribution in [3.63, 3.8) is 0 Å². The van der Waals surface area contributed by atoms with Crippen molar-refractivity contribution < 1.29 is 4.74 Å². The van der Waals surface area contributed by atoms with Crippen molar-refractivity contribution in [2.45, 2.75) is 23.8 Å². The zero-order valence-corrected chi connectivity index (χ0v) is 8.30. The average Bonchev–Trinajstić information content (AvgIpc) is 2.92. The predicted molar refractivity (Wildman–Crippen MR) is 54.1 cm³/mol. The third-order valence-corrected chi connectivity index (χ3v) is 2.69. The van der Waals surface area contributed by atoms with Crippen LogP contribution in [0.3, 0.4) is 0 Å². The van der Waals surface area contributed by atoms with Gasteiger partial charge in [0.1, 0.15) is 0 Å². The average molecular weight is 196 g/mol. The summed E-state index contributed by atoms with van der Waals surface area (Å²) in [6, 6.07) is 1.93. The zero-order valence-electron chi connectivity index (χ0n) is 7.49. The normalized spacial score (nSPS) is 15.8. The summed E-state index contributed by atoms with van der Waals surface area (Å²) >= 11 is 1.63. The highest BCUT2D eigenvalue weighted by molar-refractivity contribution is 7.98. The van der Waals surface area contributed by atoms with Crippen molar-refractivity contribution in [1.82, 2.24) is 4.98 Å². The molecular weight excluding hydrogens is 184 g/mol. The summed E-state index contributed by atoms with van der Waals surface area (Å²) < 4.78 is 5.67. The molecule has 1 aromatic rings. The summed E-state index contributed by atoms with van der Waals surface area (Å²) in [7, 11) is 0. The maximum atomic E-state index is 5.72. The Labute approximate surface area is 81.7 Å². The van der Waals surface area contributed by atoms with Crippen LogP contribution in [0.15, 0.2) is 17.2 Å². The van der Waals surface area contributed by atoms with Crippen LogP contribution in [-0.4, -0.2) is 17.3 Å². The van der Waals surface area contributed by atoms with Gasteiger partial charge in [0.05, 0.1) is 11.0 Å². The third kappa shape index (κ3) is 1.88. The number of thioether (sulfide) groups is 1. The standard InChI is InChI=1S/C9H12N2OS/c1-13-7-4-5-11-9(10)8(7)12-6-2-3-6/h4-6H,2-3H2,1H3,(H2,10,11). The van der Waals surface area contributed by atoms with Gasteiger partial charge < -0.3 is 10.5 Å². The van der Waals surface area contributed by atoms with Gasteiger partial charge in [-0.1, -0.05) is 0 Å². The number of hydrogen-bond acceptors (Lipinski definition) is 4. The number of pyridine rings is 1. The molecule has 0 aromatic carbocycles. The Morgan fingerprint density at radius 3 is 3.00 bits per heavy atom. The largest absolute Gasteiger partial charge is 0.485 e. The highest BCUT2D eigenvalue weighted by atomic mass is 32.2. The van der Waals surface area contributed by atoms with Crippen molar-refractivity contribution >= 4 is 17.6 Å². The van der Waals surface area contributed by atoms with Crippen molar-refractivity contribution in [1.29, 1.82) is 0 Å². The Morgan fingerprint density at radius 1 is 1.62 bits per heavy atom.